The molecule has 2 aromatic heterocycles. The van der Waals surface area contributed by atoms with Crippen molar-refractivity contribution in [3.63, 3.8) is 0 Å². The first-order valence-electron chi connectivity index (χ1n) is 9.65. The zero-order valence-corrected chi connectivity index (χ0v) is 19.5. The minimum absolute atomic E-state index is 0.105. The maximum absolute atomic E-state index is 13.8. The lowest BCUT2D eigenvalue weighted by molar-refractivity contribution is -0.142. The standard InChI is InChI=1S/C22H19F3N2O4S2/c1-4-31-20(28)11-17-13(2)21(18-9-14(12-26)7-8-27(17)18)32-19-6-5-15(33(3,29)30)10-16(19)22(23,24)25/h5-10H,4,11H2,1-3H3. The smallest absolute Gasteiger partial charge is 0.417 e. The highest BCUT2D eigenvalue weighted by Crippen LogP contribution is 2.44. The predicted molar refractivity (Wildman–Crippen MR) is 116 cm³/mol. The van der Waals surface area contributed by atoms with Gasteiger partial charge < -0.3 is 9.14 Å². The summed E-state index contributed by atoms with van der Waals surface area (Å²) in [6.07, 6.45) is -2.48. The summed E-state index contributed by atoms with van der Waals surface area (Å²) in [5, 5.41) is 9.28. The molecule has 0 unspecified atom stereocenters. The maximum Gasteiger partial charge on any atom is 0.417 e. The molecule has 1 aromatic carbocycles. The Hall–Kier alpha value is -2.97. The molecule has 3 rings (SSSR count). The second-order valence-corrected chi connectivity index (χ2v) is 10.3. The second-order valence-electron chi connectivity index (χ2n) is 7.20. The fourth-order valence-electron chi connectivity index (χ4n) is 3.34. The molecule has 0 fully saturated rings. The Morgan fingerprint density at radius 2 is 1.94 bits per heavy atom. The van der Waals surface area contributed by atoms with E-state index in [1.165, 1.54) is 12.1 Å². The first-order valence-corrected chi connectivity index (χ1v) is 12.4. The summed E-state index contributed by atoms with van der Waals surface area (Å²) in [5.41, 5.74) is 0.752. The van der Waals surface area contributed by atoms with E-state index in [1.807, 2.05) is 6.07 Å². The Morgan fingerprint density at radius 3 is 2.52 bits per heavy atom. The lowest BCUT2D eigenvalue weighted by Crippen LogP contribution is -2.10. The number of hydrogen-bond acceptors (Lipinski definition) is 6. The van der Waals surface area contributed by atoms with Crippen LogP contribution in [0.2, 0.25) is 0 Å². The fourth-order valence-corrected chi connectivity index (χ4v) is 5.16. The van der Waals surface area contributed by atoms with E-state index in [-0.39, 0.29) is 17.9 Å². The van der Waals surface area contributed by atoms with Crippen molar-refractivity contribution in [1.29, 1.82) is 5.26 Å². The van der Waals surface area contributed by atoms with E-state index in [1.54, 1.807) is 24.4 Å². The molecular weight excluding hydrogens is 477 g/mol. The Labute approximate surface area is 192 Å². The molecular formula is C22H19F3N2O4S2. The number of nitrogens with zero attached hydrogens (tertiary/aromatic N) is 2. The zero-order valence-electron chi connectivity index (χ0n) is 17.9. The van der Waals surface area contributed by atoms with Gasteiger partial charge >= 0.3 is 12.1 Å². The second kappa shape index (κ2) is 9.11. The number of esters is 1. The molecule has 0 aliphatic heterocycles. The molecule has 0 saturated heterocycles. The molecule has 0 N–H and O–H groups in total. The summed E-state index contributed by atoms with van der Waals surface area (Å²) in [5.74, 6) is -0.491. The third-order valence-corrected chi connectivity index (χ3v) is 7.30. The van der Waals surface area contributed by atoms with Crippen LogP contribution in [0.5, 0.6) is 0 Å². The van der Waals surface area contributed by atoms with Crippen LogP contribution in [0, 0.1) is 18.3 Å². The first kappa shape index (κ1) is 24.7. The largest absolute Gasteiger partial charge is 0.466 e. The number of carbonyl (C=O) groups excluding carboxylic acids is 1. The van der Waals surface area contributed by atoms with Gasteiger partial charge in [-0.1, -0.05) is 11.8 Å². The molecule has 0 radical (unpaired) electrons. The lowest BCUT2D eigenvalue weighted by Gasteiger charge is -2.14. The molecule has 0 saturated carbocycles. The van der Waals surface area contributed by atoms with Crippen molar-refractivity contribution in [2.75, 3.05) is 12.9 Å². The molecule has 0 spiro atoms. The summed E-state index contributed by atoms with van der Waals surface area (Å²) >= 11 is 0.800. The van der Waals surface area contributed by atoms with Gasteiger partial charge in [0.15, 0.2) is 9.84 Å². The number of sulfone groups is 1. The molecule has 0 bridgehead atoms. The number of nitriles is 1. The normalized spacial score (nSPS) is 12.0. The van der Waals surface area contributed by atoms with Crippen LogP contribution in [-0.4, -0.2) is 31.7 Å². The molecule has 33 heavy (non-hydrogen) atoms. The molecule has 0 atom stereocenters. The summed E-state index contributed by atoms with van der Waals surface area (Å²) in [7, 11) is -3.84. The van der Waals surface area contributed by atoms with Crippen LogP contribution in [0.15, 0.2) is 51.2 Å². The van der Waals surface area contributed by atoms with E-state index in [0.29, 0.717) is 33.3 Å². The van der Waals surface area contributed by atoms with E-state index in [9.17, 15) is 31.6 Å². The number of pyridine rings is 1. The summed E-state index contributed by atoms with van der Waals surface area (Å²) in [6, 6.07) is 7.93. The monoisotopic (exact) mass is 496 g/mol. The van der Waals surface area contributed by atoms with Gasteiger partial charge in [-0.05, 0) is 49.7 Å². The van der Waals surface area contributed by atoms with Gasteiger partial charge in [0.2, 0.25) is 0 Å². The number of fused-ring (bicyclic) bond motifs is 1. The Bertz CT molecular complexity index is 1390. The van der Waals surface area contributed by atoms with E-state index in [4.69, 9.17) is 4.74 Å². The van der Waals surface area contributed by atoms with Gasteiger partial charge in [0.25, 0.3) is 0 Å². The van der Waals surface area contributed by atoms with Crippen LogP contribution in [0.4, 0.5) is 13.2 Å². The molecule has 11 heteroatoms. The predicted octanol–water partition coefficient (Wildman–Crippen LogP) is 4.80. The first-order chi connectivity index (χ1) is 15.4. The number of hydrogen-bond donors (Lipinski definition) is 0. The van der Waals surface area contributed by atoms with Crippen molar-refractivity contribution in [2.45, 2.75) is 41.1 Å². The Morgan fingerprint density at radius 1 is 1.24 bits per heavy atom. The van der Waals surface area contributed by atoms with E-state index in [0.717, 1.165) is 30.2 Å². The molecule has 6 nitrogen and oxygen atoms in total. The highest BCUT2D eigenvalue weighted by Gasteiger charge is 2.35. The third kappa shape index (κ3) is 5.17. The highest BCUT2D eigenvalue weighted by molar-refractivity contribution is 7.99. The highest BCUT2D eigenvalue weighted by atomic mass is 32.2. The van der Waals surface area contributed by atoms with Gasteiger partial charge in [0, 0.05) is 27.9 Å². The van der Waals surface area contributed by atoms with Gasteiger partial charge in [0.1, 0.15) is 0 Å². The van der Waals surface area contributed by atoms with Crippen molar-refractivity contribution in [2.24, 2.45) is 0 Å². The zero-order chi connectivity index (χ0) is 24.6. The van der Waals surface area contributed by atoms with Crippen LogP contribution < -0.4 is 0 Å². The topological polar surface area (TPSA) is 88.6 Å². The molecule has 0 aliphatic rings. The maximum atomic E-state index is 13.8. The van der Waals surface area contributed by atoms with Gasteiger partial charge in [-0.2, -0.15) is 18.4 Å². The summed E-state index contributed by atoms with van der Waals surface area (Å²) in [6.45, 7) is 3.53. The van der Waals surface area contributed by atoms with Crippen molar-refractivity contribution >= 4 is 33.1 Å². The Balaban J connectivity index is 2.21. The quantitative estimate of drug-likeness (QED) is 0.456. The van der Waals surface area contributed by atoms with Gasteiger partial charge in [-0.25, -0.2) is 8.42 Å². The molecule has 2 heterocycles. The van der Waals surface area contributed by atoms with Crippen molar-refractivity contribution in [3.8, 4) is 6.07 Å². The lowest BCUT2D eigenvalue weighted by atomic mass is 10.2. The molecule has 174 valence electrons. The number of aromatic nitrogens is 1. The van der Waals surface area contributed by atoms with Gasteiger partial charge in [-0.15, -0.1) is 0 Å². The third-order valence-electron chi connectivity index (χ3n) is 4.89. The van der Waals surface area contributed by atoms with Crippen LogP contribution in [0.3, 0.4) is 0 Å². The van der Waals surface area contributed by atoms with Gasteiger partial charge in [-0.3, -0.25) is 4.79 Å². The number of benzene rings is 1. The van der Waals surface area contributed by atoms with Crippen LogP contribution in [-0.2, 0) is 32.0 Å². The molecule has 3 aromatic rings. The van der Waals surface area contributed by atoms with E-state index >= 15 is 0 Å². The molecule has 0 amide bonds. The summed E-state index contributed by atoms with van der Waals surface area (Å²) in [4.78, 5) is 11.9. The number of ether oxygens (including phenoxy) is 1. The van der Waals surface area contributed by atoms with E-state index < -0.39 is 32.4 Å². The van der Waals surface area contributed by atoms with Crippen molar-refractivity contribution < 1.29 is 31.1 Å². The number of halogens is 3. The number of alkyl halides is 3. The minimum Gasteiger partial charge on any atom is -0.466 e. The SMILES string of the molecule is CCOC(=O)Cc1c(C)c(Sc2ccc(S(C)(=O)=O)cc2C(F)(F)F)c2cc(C#N)ccn12. The molecule has 0 aliphatic carbocycles. The average Bonchev–Trinajstić information content (AvgIpc) is 2.97. The van der Waals surface area contributed by atoms with Crippen molar-refractivity contribution in [1.82, 2.24) is 4.40 Å². The average molecular weight is 497 g/mol. The van der Waals surface area contributed by atoms with Crippen LogP contribution in [0.1, 0.15) is 29.3 Å². The van der Waals surface area contributed by atoms with Crippen molar-refractivity contribution in [3.05, 3.63) is 58.9 Å². The Kier molecular flexibility index (Phi) is 6.81. The van der Waals surface area contributed by atoms with E-state index in [2.05, 4.69) is 0 Å². The fraction of sp³-hybridized carbons (Fsp3) is 0.273. The van der Waals surface area contributed by atoms with Crippen LogP contribution in [0.25, 0.3) is 5.52 Å². The van der Waals surface area contributed by atoms with Gasteiger partial charge in [0.05, 0.1) is 40.6 Å². The van der Waals surface area contributed by atoms with Crippen LogP contribution >= 0.6 is 11.8 Å². The summed E-state index contributed by atoms with van der Waals surface area (Å²) < 4.78 is 71.6. The minimum atomic E-state index is -4.79. The number of rotatable bonds is 6. The number of carbonyl (C=O) groups is 1.